The fourth-order valence-corrected chi connectivity index (χ4v) is 12.9. The van der Waals surface area contributed by atoms with Gasteiger partial charge in [0, 0.05) is 56.1 Å². The number of benzene rings is 11. The third-order valence-corrected chi connectivity index (χ3v) is 16.1. The highest BCUT2D eigenvalue weighted by molar-refractivity contribution is 6.13. The molecule has 0 fully saturated rings. The maximum atomic E-state index is 6.64. The Morgan fingerprint density at radius 1 is 0.297 bits per heavy atom. The SMILES string of the molecule is CC1(C)c2ccccc2-c2ccc(N(c3cccc(N(c4cccc(C5(c6ccccc6)c6ccccc6-c6ccccc65)c4)c4cccc5oc6ccccc6c45)c3)c3ccc4c(c3)oc3ccccc34)cc21. The number of nitrogens with zero attached hydrogens (tertiary/aromatic N) is 2. The van der Waals surface area contributed by atoms with Crippen molar-refractivity contribution in [3.05, 3.63) is 288 Å². The van der Waals surface area contributed by atoms with Crippen molar-refractivity contribution in [1.29, 1.82) is 0 Å². The van der Waals surface area contributed by atoms with Crippen molar-refractivity contribution in [2.24, 2.45) is 0 Å². The Kier molecular flexibility index (Phi) is 9.19. The highest BCUT2D eigenvalue weighted by Gasteiger charge is 2.46. The molecule has 0 N–H and O–H groups in total. The summed E-state index contributed by atoms with van der Waals surface area (Å²) >= 11 is 0. The molecule has 0 saturated carbocycles. The van der Waals surface area contributed by atoms with Crippen LogP contribution in [0.1, 0.15) is 47.2 Å². The Labute approximate surface area is 429 Å². The highest BCUT2D eigenvalue weighted by atomic mass is 16.3. The van der Waals surface area contributed by atoms with Gasteiger partial charge in [-0.15, -0.1) is 0 Å². The van der Waals surface area contributed by atoms with Crippen molar-refractivity contribution in [1.82, 2.24) is 0 Å². The molecule has 2 heterocycles. The molecule has 74 heavy (non-hydrogen) atoms. The first-order valence-electron chi connectivity index (χ1n) is 25.6. The Morgan fingerprint density at radius 2 is 0.784 bits per heavy atom. The first-order chi connectivity index (χ1) is 36.4. The number of hydrogen-bond acceptors (Lipinski definition) is 4. The molecule has 2 aliphatic rings. The monoisotopic (exact) mass is 948 g/mol. The van der Waals surface area contributed by atoms with Gasteiger partial charge in [-0.2, -0.15) is 0 Å². The first kappa shape index (κ1) is 42.3. The molecule has 0 spiro atoms. The van der Waals surface area contributed by atoms with Gasteiger partial charge in [-0.1, -0.05) is 184 Å². The lowest BCUT2D eigenvalue weighted by Crippen LogP contribution is -2.28. The van der Waals surface area contributed by atoms with E-state index < -0.39 is 5.41 Å². The maximum absolute atomic E-state index is 6.64. The molecule has 4 heteroatoms. The molecule has 13 aromatic rings. The summed E-state index contributed by atoms with van der Waals surface area (Å²) in [5.74, 6) is 0. The molecule has 0 atom stereocenters. The van der Waals surface area contributed by atoms with Gasteiger partial charge in [0.25, 0.3) is 0 Å². The standard InChI is InChI=1S/C70H48N2O2/c1-69(2)59-30-11-6-25-52(59)55-39-37-50(43-62(55)69)71(51-38-40-57-56-28-9-14-34-64(56)74-67(57)44-51)48-23-17-24-49(42-48)72(63-33-18-36-66-68(63)58-29-10-15-35-65(58)73-66)47-22-16-21-46(41-47)70(45-19-4-3-5-20-45)60-31-12-7-26-53(60)54-27-8-13-32-61(54)70/h3-44H,1-2H3. The summed E-state index contributed by atoms with van der Waals surface area (Å²) < 4.78 is 13.2. The summed E-state index contributed by atoms with van der Waals surface area (Å²) in [4.78, 5) is 4.83. The van der Waals surface area contributed by atoms with E-state index in [2.05, 4.69) is 266 Å². The van der Waals surface area contributed by atoms with Gasteiger partial charge in [0.15, 0.2) is 0 Å². The summed E-state index contributed by atoms with van der Waals surface area (Å²) in [7, 11) is 0. The van der Waals surface area contributed by atoms with Gasteiger partial charge in [-0.05, 0) is 134 Å². The van der Waals surface area contributed by atoms with Gasteiger partial charge in [0.2, 0.25) is 0 Å². The van der Waals surface area contributed by atoms with E-state index in [1.165, 1.54) is 55.6 Å². The average molecular weight is 949 g/mol. The van der Waals surface area contributed by atoms with E-state index in [4.69, 9.17) is 8.83 Å². The van der Waals surface area contributed by atoms with E-state index in [-0.39, 0.29) is 5.41 Å². The third-order valence-electron chi connectivity index (χ3n) is 16.1. The van der Waals surface area contributed by atoms with Gasteiger partial charge >= 0.3 is 0 Å². The van der Waals surface area contributed by atoms with E-state index in [9.17, 15) is 0 Å². The van der Waals surface area contributed by atoms with Crippen LogP contribution in [0.2, 0.25) is 0 Å². The zero-order valence-corrected chi connectivity index (χ0v) is 41.0. The van der Waals surface area contributed by atoms with E-state index in [1.54, 1.807) is 0 Å². The summed E-state index contributed by atoms with van der Waals surface area (Å²) in [6.07, 6.45) is 0. The van der Waals surface area contributed by atoms with Crippen LogP contribution in [0, 0.1) is 0 Å². The van der Waals surface area contributed by atoms with Gasteiger partial charge in [0.05, 0.1) is 16.5 Å². The molecule has 2 aliphatic carbocycles. The zero-order valence-electron chi connectivity index (χ0n) is 41.0. The van der Waals surface area contributed by atoms with Crippen LogP contribution in [-0.4, -0.2) is 0 Å². The van der Waals surface area contributed by atoms with Gasteiger partial charge < -0.3 is 18.6 Å². The maximum Gasteiger partial charge on any atom is 0.137 e. The predicted octanol–water partition coefficient (Wildman–Crippen LogP) is 19.1. The zero-order chi connectivity index (χ0) is 49.1. The van der Waals surface area contributed by atoms with Crippen LogP contribution in [0.5, 0.6) is 0 Å². The molecule has 0 saturated heterocycles. The fraction of sp³-hybridized carbons (Fsp3) is 0.0571. The lowest BCUT2D eigenvalue weighted by atomic mass is 9.67. The minimum Gasteiger partial charge on any atom is -0.456 e. The second-order valence-electron chi connectivity index (χ2n) is 20.4. The minimum absolute atomic E-state index is 0.191. The average Bonchev–Trinajstić information content (AvgIpc) is 4.18. The molecule has 0 unspecified atom stereocenters. The van der Waals surface area contributed by atoms with E-state index in [0.29, 0.717) is 0 Å². The van der Waals surface area contributed by atoms with Gasteiger partial charge in [0.1, 0.15) is 22.3 Å². The van der Waals surface area contributed by atoms with Crippen LogP contribution in [0.15, 0.2) is 264 Å². The van der Waals surface area contributed by atoms with Crippen LogP contribution >= 0.6 is 0 Å². The summed E-state index contributed by atoms with van der Waals surface area (Å²) in [6.45, 7) is 4.70. The van der Waals surface area contributed by atoms with Crippen LogP contribution < -0.4 is 9.80 Å². The second-order valence-corrected chi connectivity index (χ2v) is 20.4. The first-order valence-corrected chi connectivity index (χ1v) is 25.6. The highest BCUT2D eigenvalue weighted by Crippen LogP contribution is 2.57. The van der Waals surface area contributed by atoms with Crippen molar-refractivity contribution < 1.29 is 8.83 Å². The van der Waals surface area contributed by atoms with E-state index in [1.807, 2.05) is 12.1 Å². The third kappa shape index (κ3) is 6.09. The lowest BCUT2D eigenvalue weighted by Gasteiger charge is -2.35. The van der Waals surface area contributed by atoms with Gasteiger partial charge in [-0.25, -0.2) is 0 Å². The number of para-hydroxylation sites is 2. The minimum atomic E-state index is -0.584. The molecular weight excluding hydrogens is 901 g/mol. The second kappa shape index (κ2) is 16.1. The number of anilines is 6. The molecular formula is C70H48N2O2. The Hall–Kier alpha value is -9.38. The molecule has 15 rings (SSSR count). The Morgan fingerprint density at radius 3 is 1.54 bits per heavy atom. The predicted molar refractivity (Wildman–Crippen MR) is 305 cm³/mol. The van der Waals surface area contributed by atoms with Gasteiger partial charge in [-0.3, -0.25) is 0 Å². The quantitative estimate of drug-likeness (QED) is 0.152. The largest absolute Gasteiger partial charge is 0.456 e. The van der Waals surface area contributed by atoms with Crippen LogP contribution in [-0.2, 0) is 10.8 Å². The van der Waals surface area contributed by atoms with Crippen LogP contribution in [0.3, 0.4) is 0 Å². The molecule has 2 aromatic heterocycles. The summed E-state index contributed by atoms with van der Waals surface area (Å²) in [5.41, 5.74) is 21.5. The molecule has 0 amide bonds. The van der Waals surface area contributed by atoms with E-state index in [0.717, 1.165) is 78.0 Å². The number of fused-ring (bicyclic) bond motifs is 12. The molecule has 11 aromatic carbocycles. The summed E-state index contributed by atoms with van der Waals surface area (Å²) in [5, 5.41) is 4.33. The topological polar surface area (TPSA) is 32.8 Å². The molecule has 0 bridgehead atoms. The number of furan rings is 2. The lowest BCUT2D eigenvalue weighted by molar-refractivity contribution is 0.660. The van der Waals surface area contributed by atoms with Crippen molar-refractivity contribution >= 4 is 78.0 Å². The van der Waals surface area contributed by atoms with Crippen molar-refractivity contribution in [3.63, 3.8) is 0 Å². The molecule has 350 valence electrons. The Bertz CT molecular complexity index is 4340. The van der Waals surface area contributed by atoms with Crippen molar-refractivity contribution in [2.45, 2.75) is 24.7 Å². The molecule has 4 nitrogen and oxygen atoms in total. The molecule has 0 radical (unpaired) electrons. The normalized spacial score (nSPS) is 13.8. The smallest absolute Gasteiger partial charge is 0.137 e. The number of rotatable bonds is 8. The van der Waals surface area contributed by atoms with Crippen LogP contribution in [0.25, 0.3) is 66.1 Å². The van der Waals surface area contributed by atoms with Crippen molar-refractivity contribution in [3.8, 4) is 22.3 Å². The number of hydrogen-bond donors (Lipinski definition) is 0. The fourth-order valence-electron chi connectivity index (χ4n) is 12.9. The Balaban J connectivity index is 0.972. The van der Waals surface area contributed by atoms with Crippen molar-refractivity contribution in [2.75, 3.05) is 9.80 Å². The summed E-state index contributed by atoms with van der Waals surface area (Å²) in [6, 6.07) is 92.9. The van der Waals surface area contributed by atoms with Crippen LogP contribution in [0.4, 0.5) is 34.1 Å². The van der Waals surface area contributed by atoms with E-state index >= 15 is 0 Å². The molecule has 0 aliphatic heterocycles.